The summed E-state index contributed by atoms with van der Waals surface area (Å²) in [4.78, 5) is 16.0. The topological polar surface area (TPSA) is 42.0 Å². The first-order valence-corrected chi connectivity index (χ1v) is 6.93. The molecule has 19 heavy (non-hydrogen) atoms. The highest BCUT2D eigenvalue weighted by Gasteiger charge is 2.04. The van der Waals surface area contributed by atoms with E-state index in [2.05, 4.69) is 10.3 Å². The molecule has 1 N–H and O–H groups in total. The fraction of sp³-hybridized carbons (Fsp3) is 0.286. The highest BCUT2D eigenvalue weighted by Crippen LogP contribution is 2.09. The van der Waals surface area contributed by atoms with E-state index in [-0.39, 0.29) is 11.7 Å². The van der Waals surface area contributed by atoms with Gasteiger partial charge in [0.1, 0.15) is 5.82 Å². The van der Waals surface area contributed by atoms with Crippen molar-refractivity contribution in [1.82, 2.24) is 10.3 Å². The average molecular weight is 278 g/mol. The smallest absolute Gasteiger partial charge is 0.220 e. The maximum absolute atomic E-state index is 12.7. The Bertz CT molecular complexity index is 551. The summed E-state index contributed by atoms with van der Waals surface area (Å²) in [6.45, 7) is 2.37. The molecule has 0 spiro atoms. The van der Waals surface area contributed by atoms with Gasteiger partial charge in [-0.3, -0.25) is 4.79 Å². The van der Waals surface area contributed by atoms with E-state index < -0.39 is 0 Å². The molecule has 5 heteroatoms. The minimum atomic E-state index is -0.269. The van der Waals surface area contributed by atoms with Crippen LogP contribution in [-0.4, -0.2) is 10.9 Å². The number of benzene rings is 1. The predicted octanol–water partition coefficient (Wildman–Crippen LogP) is 2.84. The zero-order chi connectivity index (χ0) is 13.7. The van der Waals surface area contributed by atoms with Crippen LogP contribution in [0.2, 0.25) is 0 Å². The highest BCUT2D eigenvalue weighted by molar-refractivity contribution is 7.09. The van der Waals surface area contributed by atoms with Crippen molar-refractivity contribution in [3.8, 4) is 0 Å². The Balaban J connectivity index is 1.74. The minimum absolute atomic E-state index is 0.0185. The predicted molar refractivity (Wildman–Crippen MR) is 73.4 cm³/mol. The van der Waals surface area contributed by atoms with Gasteiger partial charge in [0.15, 0.2) is 0 Å². The Labute approximate surface area is 115 Å². The van der Waals surface area contributed by atoms with Crippen molar-refractivity contribution in [3.05, 3.63) is 51.7 Å². The molecule has 1 aromatic carbocycles. The number of nitrogens with zero attached hydrogens (tertiary/aromatic N) is 1. The Hall–Kier alpha value is -1.75. The number of amides is 1. The minimum Gasteiger partial charge on any atom is -0.352 e. The van der Waals surface area contributed by atoms with E-state index in [0.717, 1.165) is 16.3 Å². The molecule has 3 nitrogen and oxygen atoms in total. The summed E-state index contributed by atoms with van der Waals surface area (Å²) in [5.41, 5.74) is 1.85. The van der Waals surface area contributed by atoms with Crippen molar-refractivity contribution in [1.29, 1.82) is 0 Å². The molecular weight excluding hydrogens is 263 g/mol. The molecule has 0 radical (unpaired) electrons. The normalized spacial score (nSPS) is 10.4. The third-order valence-electron chi connectivity index (χ3n) is 2.68. The fourth-order valence-electron chi connectivity index (χ4n) is 1.66. The first-order valence-electron chi connectivity index (χ1n) is 6.05. The van der Waals surface area contributed by atoms with E-state index in [9.17, 15) is 9.18 Å². The average Bonchev–Trinajstić information content (AvgIpc) is 2.81. The largest absolute Gasteiger partial charge is 0.352 e. The lowest BCUT2D eigenvalue weighted by molar-refractivity contribution is -0.121. The Morgan fingerprint density at radius 1 is 1.37 bits per heavy atom. The van der Waals surface area contributed by atoms with Gasteiger partial charge in [0.05, 0.1) is 10.7 Å². The molecule has 2 rings (SSSR count). The van der Waals surface area contributed by atoms with Crippen LogP contribution < -0.4 is 5.32 Å². The Morgan fingerprint density at radius 3 is 2.74 bits per heavy atom. The summed E-state index contributed by atoms with van der Waals surface area (Å²) in [6, 6.07) is 6.11. The Morgan fingerprint density at radius 2 is 2.11 bits per heavy atom. The van der Waals surface area contributed by atoms with Crippen LogP contribution in [0, 0.1) is 12.7 Å². The lowest BCUT2D eigenvalue weighted by Gasteiger charge is -2.04. The fourth-order valence-corrected chi connectivity index (χ4v) is 2.30. The van der Waals surface area contributed by atoms with Crippen molar-refractivity contribution in [2.75, 3.05) is 0 Å². The van der Waals surface area contributed by atoms with Crippen LogP contribution in [-0.2, 0) is 17.8 Å². The van der Waals surface area contributed by atoms with E-state index in [0.29, 0.717) is 19.4 Å². The van der Waals surface area contributed by atoms with Crippen LogP contribution in [0.1, 0.15) is 22.7 Å². The molecule has 0 unspecified atom stereocenters. The van der Waals surface area contributed by atoms with E-state index in [1.807, 2.05) is 12.3 Å². The number of hydrogen-bond donors (Lipinski definition) is 1. The second-order valence-corrected chi connectivity index (χ2v) is 5.32. The number of carbonyl (C=O) groups excluding carboxylic acids is 1. The third kappa shape index (κ3) is 4.44. The van der Waals surface area contributed by atoms with Gasteiger partial charge in [0.2, 0.25) is 5.91 Å². The molecule has 0 aliphatic rings. The highest BCUT2D eigenvalue weighted by atomic mass is 32.1. The molecule has 0 atom stereocenters. The summed E-state index contributed by atoms with van der Waals surface area (Å²) in [7, 11) is 0. The number of halogens is 1. The molecule has 1 aromatic heterocycles. The van der Waals surface area contributed by atoms with Crippen LogP contribution in [0.5, 0.6) is 0 Å². The summed E-state index contributed by atoms with van der Waals surface area (Å²) in [5, 5.41) is 5.80. The van der Waals surface area contributed by atoms with Crippen molar-refractivity contribution < 1.29 is 9.18 Å². The molecule has 0 saturated heterocycles. The van der Waals surface area contributed by atoms with Gasteiger partial charge >= 0.3 is 0 Å². The van der Waals surface area contributed by atoms with Gasteiger partial charge in [0.25, 0.3) is 0 Å². The van der Waals surface area contributed by atoms with Gasteiger partial charge in [-0.15, -0.1) is 11.3 Å². The number of aromatic nitrogens is 1. The van der Waals surface area contributed by atoms with Gasteiger partial charge < -0.3 is 5.32 Å². The molecule has 0 aliphatic heterocycles. The number of hydrogen-bond acceptors (Lipinski definition) is 3. The van der Waals surface area contributed by atoms with Gasteiger partial charge in [-0.25, -0.2) is 9.37 Å². The van der Waals surface area contributed by atoms with Gasteiger partial charge in [-0.05, 0) is 31.0 Å². The maximum Gasteiger partial charge on any atom is 0.220 e. The summed E-state index contributed by atoms with van der Waals surface area (Å²) < 4.78 is 12.7. The molecule has 2 aromatic rings. The monoisotopic (exact) mass is 278 g/mol. The van der Waals surface area contributed by atoms with Crippen LogP contribution in [0.25, 0.3) is 0 Å². The van der Waals surface area contributed by atoms with Gasteiger partial charge in [0, 0.05) is 18.3 Å². The van der Waals surface area contributed by atoms with Crippen LogP contribution in [0.3, 0.4) is 0 Å². The van der Waals surface area contributed by atoms with E-state index >= 15 is 0 Å². The van der Waals surface area contributed by atoms with Crippen LogP contribution in [0.4, 0.5) is 4.39 Å². The van der Waals surface area contributed by atoms with Crippen molar-refractivity contribution >= 4 is 17.2 Å². The summed E-state index contributed by atoms with van der Waals surface area (Å²) in [6.07, 6.45) is 1.07. The number of nitrogens with one attached hydrogen (secondary N) is 1. The second kappa shape index (κ2) is 6.43. The lowest BCUT2D eigenvalue weighted by atomic mass is 10.2. The van der Waals surface area contributed by atoms with Crippen LogP contribution >= 0.6 is 11.3 Å². The van der Waals surface area contributed by atoms with Gasteiger partial charge in [-0.2, -0.15) is 0 Å². The first-order chi connectivity index (χ1) is 9.13. The number of aryl methyl sites for hydroxylation is 2. The quantitative estimate of drug-likeness (QED) is 0.913. The lowest BCUT2D eigenvalue weighted by Crippen LogP contribution is -2.23. The van der Waals surface area contributed by atoms with Crippen LogP contribution in [0.15, 0.2) is 29.6 Å². The molecule has 0 aliphatic carbocycles. The van der Waals surface area contributed by atoms with E-state index in [4.69, 9.17) is 0 Å². The molecule has 1 heterocycles. The zero-order valence-electron chi connectivity index (χ0n) is 10.6. The molecular formula is C14H15FN2OS. The van der Waals surface area contributed by atoms with Crippen molar-refractivity contribution in [2.45, 2.75) is 26.3 Å². The van der Waals surface area contributed by atoms with Crippen molar-refractivity contribution in [3.63, 3.8) is 0 Å². The SMILES string of the molecule is Cc1nc(CCC(=O)NCc2ccc(F)cc2)cs1. The number of carbonyl (C=O) groups is 1. The molecule has 100 valence electrons. The first kappa shape index (κ1) is 13.7. The second-order valence-electron chi connectivity index (χ2n) is 4.26. The maximum atomic E-state index is 12.7. The standard InChI is InChI=1S/C14H15FN2OS/c1-10-17-13(9-19-10)6-7-14(18)16-8-11-2-4-12(15)5-3-11/h2-5,9H,6-8H2,1H3,(H,16,18). The van der Waals surface area contributed by atoms with Crippen molar-refractivity contribution in [2.24, 2.45) is 0 Å². The molecule has 1 amide bonds. The molecule has 0 saturated carbocycles. The number of thiazole rings is 1. The Kier molecular flexibility index (Phi) is 4.63. The zero-order valence-corrected chi connectivity index (χ0v) is 11.5. The summed E-state index contributed by atoms with van der Waals surface area (Å²) in [5.74, 6) is -0.288. The third-order valence-corrected chi connectivity index (χ3v) is 3.50. The number of rotatable bonds is 5. The summed E-state index contributed by atoms with van der Waals surface area (Å²) >= 11 is 1.59. The van der Waals surface area contributed by atoms with E-state index in [1.54, 1.807) is 23.5 Å². The van der Waals surface area contributed by atoms with E-state index in [1.165, 1.54) is 12.1 Å². The molecule has 0 bridgehead atoms. The molecule has 0 fully saturated rings. The van der Waals surface area contributed by atoms with Gasteiger partial charge in [-0.1, -0.05) is 12.1 Å².